The van der Waals surface area contributed by atoms with Crippen LogP contribution >= 0.6 is 15.9 Å². The van der Waals surface area contributed by atoms with Crippen LogP contribution in [0.25, 0.3) is 0 Å². The van der Waals surface area contributed by atoms with Crippen molar-refractivity contribution in [1.82, 2.24) is 10.3 Å². The number of aromatic nitrogens is 1. The number of alkyl halides is 3. The van der Waals surface area contributed by atoms with Crippen molar-refractivity contribution in [1.29, 1.82) is 0 Å². The van der Waals surface area contributed by atoms with Gasteiger partial charge in [0.05, 0.1) is 5.56 Å². The summed E-state index contributed by atoms with van der Waals surface area (Å²) in [6, 6.07) is 14.4. The Balaban J connectivity index is 1.62. The van der Waals surface area contributed by atoms with Crippen molar-refractivity contribution in [3.63, 3.8) is 0 Å². The third-order valence-electron chi connectivity index (χ3n) is 4.06. The van der Waals surface area contributed by atoms with Gasteiger partial charge in [0.25, 0.3) is 5.91 Å². The van der Waals surface area contributed by atoms with Gasteiger partial charge in [-0.05, 0) is 42.5 Å². The van der Waals surface area contributed by atoms with Crippen molar-refractivity contribution in [3.8, 4) is 17.4 Å². The molecule has 0 aliphatic rings. The maximum absolute atomic E-state index is 12.6. The molecular formula is C21H17BrF3N3O3. The minimum atomic E-state index is -4.84. The zero-order valence-electron chi connectivity index (χ0n) is 16.2. The van der Waals surface area contributed by atoms with Gasteiger partial charge in [-0.2, -0.15) is 0 Å². The van der Waals surface area contributed by atoms with Gasteiger partial charge in [-0.15, -0.1) is 13.2 Å². The highest BCUT2D eigenvalue weighted by molar-refractivity contribution is 9.10. The molecule has 0 aliphatic carbocycles. The molecule has 2 N–H and O–H groups in total. The molecule has 2 aromatic carbocycles. The molecule has 0 bridgehead atoms. The van der Waals surface area contributed by atoms with E-state index in [1.807, 2.05) is 19.2 Å². The summed E-state index contributed by atoms with van der Waals surface area (Å²) in [6.07, 6.45) is -3.52. The average Bonchev–Trinajstić information content (AvgIpc) is 2.73. The predicted molar refractivity (Wildman–Crippen MR) is 112 cm³/mol. The molecule has 0 saturated heterocycles. The molecule has 162 valence electrons. The minimum Gasteiger partial charge on any atom is -0.439 e. The Morgan fingerprint density at radius 1 is 1.10 bits per heavy atom. The minimum absolute atomic E-state index is 0.159. The van der Waals surface area contributed by atoms with Crippen molar-refractivity contribution >= 4 is 27.5 Å². The van der Waals surface area contributed by atoms with Crippen molar-refractivity contribution in [2.45, 2.75) is 12.9 Å². The van der Waals surface area contributed by atoms with Crippen LogP contribution < -0.4 is 20.1 Å². The van der Waals surface area contributed by atoms with E-state index in [0.717, 1.165) is 5.69 Å². The number of rotatable bonds is 7. The molecule has 10 heteroatoms. The van der Waals surface area contributed by atoms with Gasteiger partial charge < -0.3 is 20.1 Å². The predicted octanol–water partition coefficient (Wildman–Crippen LogP) is 5.51. The fraction of sp³-hybridized carbons (Fsp3) is 0.143. The second-order valence-electron chi connectivity index (χ2n) is 6.24. The average molecular weight is 496 g/mol. The van der Waals surface area contributed by atoms with Crippen LogP contribution in [0.2, 0.25) is 0 Å². The summed E-state index contributed by atoms with van der Waals surface area (Å²) in [5.41, 5.74) is 1.34. The smallest absolute Gasteiger partial charge is 0.439 e. The SMILES string of the molecule is CNc1ccc(Oc2ccc(C(=O)NCc3ccc(Br)cc3OC(F)(F)F)cn2)cc1. The van der Waals surface area contributed by atoms with E-state index in [9.17, 15) is 18.0 Å². The molecule has 1 amide bonds. The Hall–Kier alpha value is -3.27. The molecule has 3 aromatic rings. The first-order valence-electron chi connectivity index (χ1n) is 8.97. The van der Waals surface area contributed by atoms with Crippen LogP contribution in [0.15, 0.2) is 65.3 Å². The van der Waals surface area contributed by atoms with Gasteiger partial charge in [0.1, 0.15) is 11.5 Å². The molecule has 0 radical (unpaired) electrons. The Kier molecular flexibility index (Phi) is 7.01. The second kappa shape index (κ2) is 9.69. The highest BCUT2D eigenvalue weighted by Crippen LogP contribution is 2.29. The highest BCUT2D eigenvalue weighted by Gasteiger charge is 2.32. The topological polar surface area (TPSA) is 72.5 Å². The molecule has 0 atom stereocenters. The number of hydrogen-bond donors (Lipinski definition) is 2. The first-order valence-corrected chi connectivity index (χ1v) is 9.77. The van der Waals surface area contributed by atoms with Crippen LogP contribution in [0.4, 0.5) is 18.9 Å². The molecule has 3 rings (SSSR count). The van der Waals surface area contributed by atoms with E-state index in [-0.39, 0.29) is 17.7 Å². The lowest BCUT2D eigenvalue weighted by Gasteiger charge is -2.14. The van der Waals surface area contributed by atoms with E-state index in [0.29, 0.717) is 16.1 Å². The number of carbonyl (C=O) groups excluding carboxylic acids is 1. The van der Waals surface area contributed by atoms with Crippen LogP contribution in [0.5, 0.6) is 17.4 Å². The van der Waals surface area contributed by atoms with E-state index in [4.69, 9.17) is 4.74 Å². The first kappa shape index (κ1) is 22.4. The third kappa shape index (κ3) is 6.61. The van der Waals surface area contributed by atoms with Crippen LogP contribution in [-0.2, 0) is 6.54 Å². The van der Waals surface area contributed by atoms with E-state index in [2.05, 4.69) is 36.3 Å². The van der Waals surface area contributed by atoms with Crippen LogP contribution in [0, 0.1) is 0 Å². The Morgan fingerprint density at radius 2 is 1.84 bits per heavy atom. The fourth-order valence-corrected chi connectivity index (χ4v) is 2.90. The Morgan fingerprint density at radius 3 is 2.45 bits per heavy atom. The molecule has 1 heterocycles. The van der Waals surface area contributed by atoms with Gasteiger partial charge >= 0.3 is 6.36 Å². The number of nitrogens with zero attached hydrogens (tertiary/aromatic N) is 1. The maximum atomic E-state index is 12.6. The number of hydrogen-bond acceptors (Lipinski definition) is 5. The summed E-state index contributed by atoms with van der Waals surface area (Å²) < 4.78 is 47.9. The number of pyridine rings is 1. The summed E-state index contributed by atoms with van der Waals surface area (Å²) in [5.74, 6) is -0.0229. The van der Waals surface area contributed by atoms with E-state index >= 15 is 0 Å². The first-order chi connectivity index (χ1) is 14.7. The van der Waals surface area contributed by atoms with Crippen molar-refractivity contribution < 1.29 is 27.4 Å². The molecule has 0 spiro atoms. The molecule has 31 heavy (non-hydrogen) atoms. The molecule has 0 fully saturated rings. The van der Waals surface area contributed by atoms with Crippen molar-refractivity contribution in [2.24, 2.45) is 0 Å². The van der Waals surface area contributed by atoms with E-state index in [1.165, 1.54) is 30.5 Å². The zero-order valence-corrected chi connectivity index (χ0v) is 17.8. The van der Waals surface area contributed by atoms with E-state index in [1.54, 1.807) is 18.2 Å². The quantitative estimate of drug-likeness (QED) is 0.452. The van der Waals surface area contributed by atoms with Gasteiger partial charge in [0.15, 0.2) is 0 Å². The number of benzene rings is 2. The van der Waals surface area contributed by atoms with Gasteiger partial charge in [0.2, 0.25) is 5.88 Å². The lowest BCUT2D eigenvalue weighted by atomic mass is 10.2. The summed E-state index contributed by atoms with van der Waals surface area (Å²) in [7, 11) is 1.81. The third-order valence-corrected chi connectivity index (χ3v) is 4.55. The number of halogens is 4. The molecule has 1 aromatic heterocycles. The molecule has 6 nitrogen and oxygen atoms in total. The van der Waals surface area contributed by atoms with Crippen molar-refractivity contribution in [2.75, 3.05) is 12.4 Å². The lowest BCUT2D eigenvalue weighted by molar-refractivity contribution is -0.274. The molecule has 0 saturated carbocycles. The highest BCUT2D eigenvalue weighted by atomic mass is 79.9. The summed E-state index contributed by atoms with van der Waals surface area (Å²) >= 11 is 3.10. The van der Waals surface area contributed by atoms with Crippen LogP contribution in [0.3, 0.4) is 0 Å². The van der Waals surface area contributed by atoms with Gasteiger partial charge in [-0.25, -0.2) is 4.98 Å². The Bertz CT molecular complexity index is 1040. The monoisotopic (exact) mass is 495 g/mol. The second-order valence-corrected chi connectivity index (χ2v) is 7.16. The summed E-state index contributed by atoms with van der Waals surface area (Å²) in [6.45, 7) is -0.159. The summed E-state index contributed by atoms with van der Waals surface area (Å²) in [5, 5.41) is 5.55. The summed E-state index contributed by atoms with van der Waals surface area (Å²) in [4.78, 5) is 16.4. The van der Waals surface area contributed by atoms with E-state index < -0.39 is 18.0 Å². The van der Waals surface area contributed by atoms with Crippen LogP contribution in [-0.4, -0.2) is 24.3 Å². The zero-order chi connectivity index (χ0) is 22.4. The number of ether oxygens (including phenoxy) is 2. The largest absolute Gasteiger partial charge is 0.573 e. The van der Waals surface area contributed by atoms with Gasteiger partial charge in [-0.3, -0.25) is 4.79 Å². The fourth-order valence-electron chi connectivity index (χ4n) is 2.56. The van der Waals surface area contributed by atoms with Crippen molar-refractivity contribution in [3.05, 3.63) is 76.4 Å². The number of carbonyl (C=O) groups is 1. The number of amides is 1. The van der Waals surface area contributed by atoms with Gasteiger partial charge in [-0.1, -0.05) is 22.0 Å². The standard InChI is InChI=1S/C21H17BrF3N3O3/c1-26-16-5-7-17(8-6-16)30-19-9-3-14(12-27-19)20(29)28-11-13-2-4-15(22)10-18(13)31-21(23,24)25/h2-10,12,26H,11H2,1H3,(H,28,29). The van der Waals surface area contributed by atoms with Crippen LogP contribution in [0.1, 0.15) is 15.9 Å². The number of anilines is 1. The Labute approximate surface area is 184 Å². The molecule has 0 unspecified atom stereocenters. The number of nitrogens with one attached hydrogen (secondary N) is 2. The van der Waals surface area contributed by atoms with Gasteiger partial charge in [0, 0.05) is 41.6 Å². The lowest BCUT2D eigenvalue weighted by Crippen LogP contribution is -2.24. The normalized spacial score (nSPS) is 11.0. The maximum Gasteiger partial charge on any atom is 0.573 e. The molecule has 0 aliphatic heterocycles. The molecular weight excluding hydrogens is 479 g/mol.